The highest BCUT2D eigenvalue weighted by atomic mass is 16.2. The standard InChI is InChI=1S/C24H36N2O4/c1-21(2)15-9-11-23(21,5)19(29)25(17(15)27)13-7-8-14-26-18(28)16-10-12-24(6,20(26)30)22(16,3)4/h15-16H,7-14H2,1-6H3/t15-,16-,23-,24-/m0/s1. The fraction of sp³-hybridized carbons (Fsp3) is 0.833. The van der Waals surface area contributed by atoms with Gasteiger partial charge in [0.05, 0.1) is 10.8 Å². The Labute approximate surface area is 179 Å². The Morgan fingerprint density at radius 1 is 0.667 bits per heavy atom. The van der Waals surface area contributed by atoms with Crippen LogP contribution in [0.2, 0.25) is 0 Å². The van der Waals surface area contributed by atoms with Crippen molar-refractivity contribution in [2.45, 2.75) is 80.1 Å². The molecule has 2 aliphatic carbocycles. The van der Waals surface area contributed by atoms with Crippen molar-refractivity contribution in [2.75, 3.05) is 13.1 Å². The van der Waals surface area contributed by atoms with Crippen molar-refractivity contribution in [3.8, 4) is 0 Å². The monoisotopic (exact) mass is 416 g/mol. The summed E-state index contributed by atoms with van der Waals surface area (Å²) in [5, 5.41) is 0. The van der Waals surface area contributed by atoms with Crippen molar-refractivity contribution in [3.05, 3.63) is 0 Å². The second-order valence-electron chi connectivity index (χ2n) is 11.6. The molecule has 4 bridgehead atoms. The van der Waals surface area contributed by atoms with Gasteiger partial charge in [-0.15, -0.1) is 0 Å². The lowest BCUT2D eigenvalue weighted by molar-refractivity contribution is -0.170. The van der Waals surface area contributed by atoms with Crippen molar-refractivity contribution in [3.63, 3.8) is 0 Å². The molecule has 2 saturated heterocycles. The number of imide groups is 2. The summed E-state index contributed by atoms with van der Waals surface area (Å²) in [5.41, 5.74) is -1.56. The van der Waals surface area contributed by atoms with Gasteiger partial charge in [-0.05, 0) is 49.4 Å². The van der Waals surface area contributed by atoms with Crippen LogP contribution in [-0.2, 0) is 19.2 Å². The van der Waals surface area contributed by atoms with Gasteiger partial charge in [0.15, 0.2) is 0 Å². The van der Waals surface area contributed by atoms with Crippen LogP contribution in [0.4, 0.5) is 0 Å². The molecule has 4 fully saturated rings. The van der Waals surface area contributed by atoms with E-state index < -0.39 is 10.8 Å². The predicted octanol–water partition coefficient (Wildman–Crippen LogP) is 3.39. The maximum atomic E-state index is 13.1. The zero-order valence-electron chi connectivity index (χ0n) is 19.3. The first kappa shape index (κ1) is 21.5. The SMILES string of the molecule is CC1(C)[C@H]2CC[C@@]1(C)C(=O)N(CCCCN1C(=O)[C@@H]3CC[C@@](C)(C1=O)C3(C)C)C2=O. The zero-order valence-corrected chi connectivity index (χ0v) is 19.3. The first-order chi connectivity index (χ1) is 13.8. The third-order valence-electron chi connectivity index (χ3n) is 10.0. The molecule has 2 saturated carbocycles. The number of hydrogen-bond acceptors (Lipinski definition) is 4. The second-order valence-corrected chi connectivity index (χ2v) is 11.6. The Morgan fingerprint density at radius 2 is 1.00 bits per heavy atom. The van der Waals surface area contributed by atoms with Crippen LogP contribution in [0.5, 0.6) is 0 Å². The quantitative estimate of drug-likeness (QED) is 0.509. The minimum absolute atomic E-state index is 0.0441. The number of amides is 4. The van der Waals surface area contributed by atoms with Gasteiger partial charge < -0.3 is 0 Å². The third-order valence-corrected chi connectivity index (χ3v) is 10.0. The van der Waals surface area contributed by atoms with E-state index in [1.807, 2.05) is 41.5 Å². The van der Waals surface area contributed by atoms with E-state index >= 15 is 0 Å². The molecule has 4 aliphatic rings. The molecule has 0 unspecified atom stereocenters. The molecule has 0 aromatic rings. The maximum absolute atomic E-state index is 13.1. The lowest BCUT2D eigenvalue weighted by Crippen LogP contribution is -2.59. The summed E-state index contributed by atoms with van der Waals surface area (Å²) < 4.78 is 0. The average Bonchev–Trinajstić information content (AvgIpc) is 2.97. The van der Waals surface area contributed by atoms with Crippen molar-refractivity contribution in [2.24, 2.45) is 33.5 Å². The Balaban J connectivity index is 1.38. The molecule has 2 heterocycles. The summed E-state index contributed by atoms with van der Waals surface area (Å²) >= 11 is 0. The fourth-order valence-electron chi connectivity index (χ4n) is 6.77. The summed E-state index contributed by atoms with van der Waals surface area (Å²) in [6.45, 7) is 12.9. The predicted molar refractivity (Wildman–Crippen MR) is 112 cm³/mol. The van der Waals surface area contributed by atoms with Crippen molar-refractivity contribution < 1.29 is 19.2 Å². The van der Waals surface area contributed by atoms with Crippen molar-refractivity contribution in [1.29, 1.82) is 0 Å². The minimum Gasteiger partial charge on any atom is -0.282 e. The van der Waals surface area contributed by atoms with E-state index in [2.05, 4.69) is 0 Å². The third kappa shape index (κ3) is 2.42. The van der Waals surface area contributed by atoms with Crippen LogP contribution in [-0.4, -0.2) is 46.5 Å². The zero-order chi connectivity index (χ0) is 22.3. The summed E-state index contributed by atoms with van der Waals surface area (Å²) in [4.78, 5) is 55.1. The van der Waals surface area contributed by atoms with Crippen LogP contribution in [0.15, 0.2) is 0 Å². The number of nitrogens with zero attached hydrogens (tertiary/aromatic N) is 2. The number of likely N-dealkylation sites (tertiary alicyclic amines) is 2. The Hall–Kier alpha value is -1.72. The number of fused-ring (bicyclic) bond motifs is 4. The Kier molecular flexibility index (Phi) is 4.58. The summed E-state index contributed by atoms with van der Waals surface area (Å²) in [5.74, 6) is -0.381. The lowest BCUT2D eigenvalue weighted by Gasteiger charge is -2.48. The lowest BCUT2D eigenvalue weighted by atomic mass is 9.62. The van der Waals surface area contributed by atoms with Gasteiger partial charge in [0.1, 0.15) is 0 Å². The second kappa shape index (κ2) is 6.39. The van der Waals surface area contributed by atoms with Crippen LogP contribution in [0.25, 0.3) is 0 Å². The molecule has 0 aromatic heterocycles. The van der Waals surface area contributed by atoms with Crippen LogP contribution in [0.1, 0.15) is 80.1 Å². The van der Waals surface area contributed by atoms with Crippen molar-refractivity contribution in [1.82, 2.24) is 9.80 Å². The topological polar surface area (TPSA) is 74.8 Å². The van der Waals surface area contributed by atoms with Gasteiger partial charge in [-0.25, -0.2) is 0 Å². The molecular formula is C24H36N2O4. The molecule has 30 heavy (non-hydrogen) atoms. The number of carbonyl (C=O) groups excluding carboxylic acids is 4. The fourth-order valence-corrected chi connectivity index (χ4v) is 6.77. The molecule has 0 spiro atoms. The minimum atomic E-state index is -0.482. The van der Waals surface area contributed by atoms with Crippen LogP contribution >= 0.6 is 0 Å². The highest BCUT2D eigenvalue weighted by Gasteiger charge is 2.65. The molecule has 4 rings (SSSR count). The first-order valence-electron chi connectivity index (χ1n) is 11.5. The molecule has 0 radical (unpaired) electrons. The van der Waals surface area contributed by atoms with Crippen LogP contribution in [0, 0.1) is 33.5 Å². The number of unbranched alkanes of at least 4 members (excludes halogenated alkanes) is 1. The highest BCUT2D eigenvalue weighted by Crippen LogP contribution is 2.61. The van der Waals surface area contributed by atoms with Crippen molar-refractivity contribution >= 4 is 23.6 Å². The van der Waals surface area contributed by atoms with Gasteiger partial charge in [-0.2, -0.15) is 0 Å². The number of piperidine rings is 2. The molecule has 6 heteroatoms. The van der Waals surface area contributed by atoms with E-state index in [9.17, 15) is 19.2 Å². The summed E-state index contributed by atoms with van der Waals surface area (Å²) in [6, 6.07) is 0. The summed E-state index contributed by atoms with van der Waals surface area (Å²) in [6.07, 6.45) is 4.30. The molecule has 0 N–H and O–H groups in total. The van der Waals surface area contributed by atoms with E-state index in [0.717, 1.165) is 25.7 Å². The molecule has 166 valence electrons. The molecular weight excluding hydrogens is 380 g/mol. The Morgan fingerprint density at radius 3 is 1.33 bits per heavy atom. The van der Waals surface area contributed by atoms with Gasteiger partial charge in [0, 0.05) is 24.9 Å². The maximum Gasteiger partial charge on any atom is 0.235 e. The summed E-state index contributed by atoms with van der Waals surface area (Å²) in [7, 11) is 0. The Bertz CT molecular complexity index is 763. The van der Waals surface area contributed by atoms with Gasteiger partial charge in [0.25, 0.3) is 0 Å². The van der Waals surface area contributed by atoms with Crippen LogP contribution in [0.3, 0.4) is 0 Å². The molecule has 0 aromatic carbocycles. The average molecular weight is 417 g/mol. The molecule has 4 atom stereocenters. The molecule has 6 nitrogen and oxygen atoms in total. The van der Waals surface area contributed by atoms with Crippen LogP contribution < -0.4 is 0 Å². The normalized spacial score (nSPS) is 39.3. The van der Waals surface area contributed by atoms with Gasteiger partial charge in [-0.1, -0.05) is 41.5 Å². The van der Waals surface area contributed by atoms with E-state index in [-0.39, 0.29) is 46.3 Å². The van der Waals surface area contributed by atoms with Gasteiger partial charge in [-0.3, -0.25) is 29.0 Å². The van der Waals surface area contributed by atoms with E-state index in [0.29, 0.717) is 25.9 Å². The van der Waals surface area contributed by atoms with E-state index in [1.54, 1.807) is 0 Å². The first-order valence-corrected chi connectivity index (χ1v) is 11.5. The van der Waals surface area contributed by atoms with E-state index in [1.165, 1.54) is 9.80 Å². The number of carbonyl (C=O) groups is 4. The van der Waals surface area contributed by atoms with Gasteiger partial charge >= 0.3 is 0 Å². The largest absolute Gasteiger partial charge is 0.282 e. The number of hydrogen-bond donors (Lipinski definition) is 0. The number of rotatable bonds is 5. The highest BCUT2D eigenvalue weighted by molar-refractivity contribution is 6.04. The molecule has 4 amide bonds. The molecule has 2 aliphatic heterocycles. The smallest absolute Gasteiger partial charge is 0.235 e. The van der Waals surface area contributed by atoms with Gasteiger partial charge in [0.2, 0.25) is 23.6 Å². The van der Waals surface area contributed by atoms with E-state index in [4.69, 9.17) is 0 Å².